The molecule has 3 aliphatic rings. The molecule has 2 unspecified atom stereocenters. The summed E-state index contributed by atoms with van der Waals surface area (Å²) in [6.07, 6.45) is 4.70. The second-order valence-electron chi connectivity index (χ2n) is 10.8. The molecule has 2 atom stereocenters. The van der Waals surface area contributed by atoms with E-state index in [0.29, 0.717) is 23.9 Å². The molecule has 1 fully saturated rings. The topological polar surface area (TPSA) is 63.2 Å². The Morgan fingerprint density at radius 2 is 1.71 bits per heavy atom. The molecule has 0 aromatic heterocycles. The number of ether oxygens (including phenoxy) is 1. The van der Waals surface area contributed by atoms with E-state index in [0.717, 1.165) is 59.8 Å². The van der Waals surface area contributed by atoms with Gasteiger partial charge in [-0.05, 0) is 77.5 Å². The second-order valence-corrected chi connectivity index (χ2v) is 10.8. The van der Waals surface area contributed by atoms with Crippen molar-refractivity contribution in [2.45, 2.75) is 31.5 Å². The fourth-order valence-electron chi connectivity index (χ4n) is 5.92. The molecule has 5 nitrogen and oxygen atoms in total. The summed E-state index contributed by atoms with van der Waals surface area (Å²) in [5, 5.41) is 1.18. The molecular formula is C33H33F3N4O. The average molecular weight is 559 g/mol. The minimum absolute atomic E-state index is 0.0276. The second kappa shape index (κ2) is 11.6. The molecule has 6 rings (SSSR count). The summed E-state index contributed by atoms with van der Waals surface area (Å²) in [6, 6.07) is 16.3. The van der Waals surface area contributed by atoms with Gasteiger partial charge in [0.25, 0.3) is 0 Å². The first kappa shape index (κ1) is 27.4. The third kappa shape index (κ3) is 5.85. The molecule has 0 bridgehead atoms. The molecule has 41 heavy (non-hydrogen) atoms. The van der Waals surface area contributed by atoms with Crippen molar-refractivity contribution < 1.29 is 17.9 Å². The Balaban J connectivity index is 1.27. The number of hydrogen-bond acceptors (Lipinski definition) is 5. The van der Waals surface area contributed by atoms with Crippen molar-refractivity contribution in [2.24, 2.45) is 21.6 Å². The highest BCUT2D eigenvalue weighted by molar-refractivity contribution is 6.18. The quantitative estimate of drug-likeness (QED) is 0.345. The van der Waals surface area contributed by atoms with Gasteiger partial charge >= 0.3 is 6.18 Å². The SMILES string of the molecule is NC(c1ccc(C2=C3N=CC(c4ccc(OCCN5CCCC5)cc4)=CC3CCN=C2)c2ccccc12)C(F)(F)F. The van der Waals surface area contributed by atoms with E-state index in [-0.39, 0.29) is 11.5 Å². The predicted octanol–water partition coefficient (Wildman–Crippen LogP) is 6.85. The van der Waals surface area contributed by atoms with Crippen LogP contribution in [0.15, 0.2) is 82.4 Å². The summed E-state index contributed by atoms with van der Waals surface area (Å²) >= 11 is 0. The predicted molar refractivity (Wildman–Crippen MR) is 159 cm³/mol. The van der Waals surface area contributed by atoms with Crippen molar-refractivity contribution in [1.82, 2.24) is 4.90 Å². The van der Waals surface area contributed by atoms with Crippen LogP contribution < -0.4 is 10.5 Å². The van der Waals surface area contributed by atoms with Crippen LogP contribution in [-0.2, 0) is 0 Å². The van der Waals surface area contributed by atoms with Crippen LogP contribution in [0.3, 0.4) is 0 Å². The summed E-state index contributed by atoms with van der Waals surface area (Å²) in [7, 11) is 0. The lowest BCUT2D eigenvalue weighted by Crippen LogP contribution is -2.28. The van der Waals surface area contributed by atoms with E-state index in [1.807, 2.05) is 36.7 Å². The standard InChI is InChI=1S/C33H33F3N4O/c34-33(35,36)32(37)29-12-11-28(26-5-1-2-6-27(26)29)30-21-38-14-13-23-19-24(20-39-31(23)30)22-7-9-25(10-8-22)41-18-17-40-15-3-4-16-40/h1-2,5-12,19-21,23,32H,3-4,13-18,37H2. The summed E-state index contributed by atoms with van der Waals surface area (Å²) in [6.45, 7) is 4.59. The van der Waals surface area contributed by atoms with Crippen LogP contribution in [0.25, 0.3) is 21.9 Å². The summed E-state index contributed by atoms with van der Waals surface area (Å²) < 4.78 is 46.5. The Hall–Kier alpha value is -3.75. The number of hydrogen-bond donors (Lipinski definition) is 1. The maximum absolute atomic E-state index is 13.5. The minimum atomic E-state index is -4.53. The minimum Gasteiger partial charge on any atom is -0.492 e. The lowest BCUT2D eigenvalue weighted by molar-refractivity contribution is -0.148. The largest absolute Gasteiger partial charge is 0.492 e. The molecule has 3 aromatic carbocycles. The Kier molecular flexibility index (Phi) is 7.77. The van der Waals surface area contributed by atoms with E-state index in [1.54, 1.807) is 18.2 Å². The Labute approximate surface area is 237 Å². The average Bonchev–Trinajstić information content (AvgIpc) is 3.41. The van der Waals surface area contributed by atoms with E-state index in [4.69, 9.17) is 15.5 Å². The molecule has 1 saturated heterocycles. The Morgan fingerprint density at radius 1 is 0.951 bits per heavy atom. The number of rotatable bonds is 7. The van der Waals surface area contributed by atoms with Crippen LogP contribution in [0.1, 0.15) is 42.0 Å². The zero-order valence-electron chi connectivity index (χ0n) is 22.8. The zero-order chi connectivity index (χ0) is 28.4. The summed E-state index contributed by atoms with van der Waals surface area (Å²) in [5.74, 6) is 0.882. The van der Waals surface area contributed by atoms with Crippen molar-refractivity contribution in [3.63, 3.8) is 0 Å². The summed E-state index contributed by atoms with van der Waals surface area (Å²) in [5.41, 5.74) is 10.3. The van der Waals surface area contributed by atoms with E-state index in [9.17, 15) is 13.2 Å². The van der Waals surface area contributed by atoms with Crippen LogP contribution in [0, 0.1) is 5.92 Å². The first-order valence-electron chi connectivity index (χ1n) is 14.2. The van der Waals surface area contributed by atoms with E-state index < -0.39 is 12.2 Å². The molecule has 3 aromatic rings. The van der Waals surface area contributed by atoms with Gasteiger partial charge in [0.05, 0.1) is 5.70 Å². The van der Waals surface area contributed by atoms with Gasteiger partial charge in [0.15, 0.2) is 0 Å². The van der Waals surface area contributed by atoms with Gasteiger partial charge < -0.3 is 10.5 Å². The number of nitrogens with zero attached hydrogens (tertiary/aromatic N) is 3. The van der Waals surface area contributed by atoms with Crippen LogP contribution in [0.5, 0.6) is 5.75 Å². The fourth-order valence-corrected chi connectivity index (χ4v) is 5.92. The molecule has 3 aliphatic heterocycles. The van der Waals surface area contributed by atoms with Crippen molar-refractivity contribution in [3.8, 4) is 5.75 Å². The van der Waals surface area contributed by atoms with Crippen LogP contribution in [0.2, 0.25) is 0 Å². The number of likely N-dealkylation sites (tertiary alicyclic amines) is 1. The zero-order valence-corrected chi connectivity index (χ0v) is 22.8. The van der Waals surface area contributed by atoms with E-state index in [2.05, 4.69) is 28.1 Å². The van der Waals surface area contributed by atoms with Crippen molar-refractivity contribution >= 4 is 34.3 Å². The number of fused-ring (bicyclic) bond motifs is 2. The molecule has 0 saturated carbocycles. The number of allylic oxidation sites excluding steroid dienone is 3. The third-order valence-corrected chi connectivity index (χ3v) is 8.14. The van der Waals surface area contributed by atoms with Gasteiger partial charge in [-0.3, -0.25) is 14.9 Å². The first-order chi connectivity index (χ1) is 19.9. The number of aliphatic imine (C=N–C) groups is 2. The van der Waals surface area contributed by atoms with Crippen LogP contribution in [0.4, 0.5) is 13.2 Å². The fraction of sp³-hybridized carbons (Fsp3) is 0.333. The molecule has 2 N–H and O–H groups in total. The van der Waals surface area contributed by atoms with Gasteiger partial charge in [-0.15, -0.1) is 0 Å². The summed E-state index contributed by atoms with van der Waals surface area (Å²) in [4.78, 5) is 11.9. The number of halogens is 3. The molecule has 0 radical (unpaired) electrons. The van der Waals surface area contributed by atoms with E-state index >= 15 is 0 Å². The number of alkyl halides is 3. The van der Waals surface area contributed by atoms with E-state index in [1.165, 1.54) is 18.9 Å². The highest BCUT2D eigenvalue weighted by Gasteiger charge is 2.39. The molecule has 0 spiro atoms. The highest BCUT2D eigenvalue weighted by Crippen LogP contribution is 2.40. The van der Waals surface area contributed by atoms with Crippen molar-refractivity contribution in [1.29, 1.82) is 0 Å². The normalized spacial score (nSPS) is 20.2. The van der Waals surface area contributed by atoms with Gasteiger partial charge in [-0.2, -0.15) is 13.2 Å². The first-order valence-corrected chi connectivity index (χ1v) is 14.2. The lowest BCUT2D eigenvalue weighted by Gasteiger charge is -2.22. The van der Waals surface area contributed by atoms with Crippen molar-refractivity contribution in [2.75, 3.05) is 32.8 Å². The molecular weight excluding hydrogens is 525 g/mol. The monoisotopic (exact) mass is 558 g/mol. The molecule has 3 heterocycles. The molecule has 212 valence electrons. The highest BCUT2D eigenvalue weighted by atomic mass is 19.4. The lowest BCUT2D eigenvalue weighted by atomic mass is 9.87. The van der Waals surface area contributed by atoms with Crippen LogP contribution in [-0.4, -0.2) is 56.3 Å². The molecule has 0 amide bonds. The van der Waals surface area contributed by atoms with Crippen LogP contribution >= 0.6 is 0 Å². The smallest absolute Gasteiger partial charge is 0.407 e. The Morgan fingerprint density at radius 3 is 2.46 bits per heavy atom. The molecule has 8 heteroatoms. The molecule has 0 aliphatic carbocycles. The van der Waals surface area contributed by atoms with Gasteiger partial charge in [0.1, 0.15) is 18.4 Å². The number of dihydropyridines is 1. The number of nitrogens with two attached hydrogens (primary N) is 1. The van der Waals surface area contributed by atoms with Gasteiger partial charge in [0.2, 0.25) is 0 Å². The number of benzene rings is 3. The third-order valence-electron chi connectivity index (χ3n) is 8.14. The van der Waals surface area contributed by atoms with Gasteiger partial charge in [-0.25, -0.2) is 0 Å². The van der Waals surface area contributed by atoms with Gasteiger partial charge in [0, 0.05) is 37.0 Å². The maximum atomic E-state index is 13.5. The van der Waals surface area contributed by atoms with Crippen molar-refractivity contribution in [3.05, 3.63) is 89.1 Å². The Bertz CT molecular complexity index is 1530. The maximum Gasteiger partial charge on any atom is 0.407 e. The van der Waals surface area contributed by atoms with Gasteiger partial charge in [-0.1, -0.05) is 54.6 Å².